The monoisotopic (exact) mass is 394 g/mol. The first-order valence-electron chi connectivity index (χ1n) is 8.50. The second-order valence-electron chi connectivity index (χ2n) is 6.69. The van der Waals surface area contributed by atoms with Gasteiger partial charge < -0.3 is 10.1 Å². The van der Waals surface area contributed by atoms with Gasteiger partial charge in [-0.15, -0.1) is 0 Å². The van der Waals surface area contributed by atoms with E-state index in [-0.39, 0.29) is 18.0 Å². The maximum absolute atomic E-state index is 13.0. The molecular weight excluding hydrogens is 376 g/mol. The van der Waals surface area contributed by atoms with Crippen LogP contribution in [0.5, 0.6) is 0 Å². The van der Waals surface area contributed by atoms with E-state index in [4.69, 9.17) is 4.74 Å². The molecule has 1 aromatic rings. The van der Waals surface area contributed by atoms with Gasteiger partial charge in [-0.2, -0.15) is 4.31 Å². The van der Waals surface area contributed by atoms with Gasteiger partial charge in [0.2, 0.25) is 10.0 Å². The zero-order valence-corrected chi connectivity index (χ0v) is 15.1. The number of benzene rings is 1. The Morgan fingerprint density at radius 2 is 1.81 bits per heavy atom. The maximum atomic E-state index is 13.0. The summed E-state index contributed by atoms with van der Waals surface area (Å²) in [5, 5.41) is 4.73. The Hall–Kier alpha value is -2.66. The fraction of sp³-hybridized carbons (Fsp3) is 0.438. The molecule has 11 heteroatoms. The normalized spacial score (nSPS) is 26.2. The molecule has 4 amide bonds. The average Bonchev–Trinajstić information content (AvgIpc) is 3.18. The Kier molecular flexibility index (Phi) is 4.07. The van der Waals surface area contributed by atoms with Crippen LogP contribution < -0.4 is 15.5 Å². The molecule has 3 fully saturated rings. The molecule has 0 aromatic heterocycles. The predicted octanol–water partition coefficient (Wildman–Crippen LogP) is 0.00590. The summed E-state index contributed by atoms with van der Waals surface area (Å²) in [7, 11) is -3.85. The summed E-state index contributed by atoms with van der Waals surface area (Å²) in [5.41, 5.74) is -0.671. The van der Waals surface area contributed by atoms with Crippen molar-refractivity contribution >= 4 is 33.7 Å². The van der Waals surface area contributed by atoms with E-state index >= 15 is 0 Å². The first kappa shape index (κ1) is 17.7. The second-order valence-corrected chi connectivity index (χ2v) is 8.63. The van der Waals surface area contributed by atoms with Crippen molar-refractivity contribution in [3.8, 4) is 0 Å². The van der Waals surface area contributed by atoms with Gasteiger partial charge in [0.25, 0.3) is 5.91 Å². The number of nitrogens with zero attached hydrogens (tertiary/aromatic N) is 2. The van der Waals surface area contributed by atoms with Crippen molar-refractivity contribution < 1.29 is 27.5 Å². The largest absolute Gasteiger partial charge is 0.447 e. The molecular formula is C16H18N4O6S. The highest BCUT2D eigenvalue weighted by molar-refractivity contribution is 7.89. The van der Waals surface area contributed by atoms with E-state index in [1.54, 1.807) is 12.1 Å². The molecule has 2 N–H and O–H groups in total. The summed E-state index contributed by atoms with van der Waals surface area (Å²) in [6.07, 6.45) is 0.364. The lowest BCUT2D eigenvalue weighted by Gasteiger charge is -2.37. The fourth-order valence-corrected chi connectivity index (χ4v) is 5.15. The highest BCUT2D eigenvalue weighted by atomic mass is 32.2. The molecule has 27 heavy (non-hydrogen) atoms. The van der Waals surface area contributed by atoms with E-state index in [0.717, 1.165) is 0 Å². The molecule has 0 radical (unpaired) electrons. The number of cyclic esters (lactones) is 1. The number of hydrogen-bond acceptors (Lipinski definition) is 6. The van der Waals surface area contributed by atoms with E-state index < -0.39 is 33.6 Å². The number of ether oxygens (including phenoxy) is 1. The average molecular weight is 394 g/mol. The highest BCUT2D eigenvalue weighted by Gasteiger charge is 2.50. The lowest BCUT2D eigenvalue weighted by Crippen LogP contribution is -2.59. The number of hydrogen-bond donors (Lipinski definition) is 2. The minimum Gasteiger partial charge on any atom is -0.447 e. The smallest absolute Gasteiger partial charge is 0.414 e. The molecule has 3 aliphatic heterocycles. The van der Waals surface area contributed by atoms with Crippen molar-refractivity contribution in [2.75, 3.05) is 31.1 Å². The molecule has 1 aromatic carbocycles. The second kappa shape index (κ2) is 6.20. The van der Waals surface area contributed by atoms with Gasteiger partial charge in [0.1, 0.15) is 12.1 Å². The third-order valence-corrected chi connectivity index (χ3v) is 6.88. The van der Waals surface area contributed by atoms with E-state index in [1.807, 2.05) is 0 Å². The van der Waals surface area contributed by atoms with Gasteiger partial charge >= 0.3 is 12.1 Å². The maximum Gasteiger partial charge on any atom is 0.414 e. The molecule has 10 nitrogen and oxygen atoms in total. The minimum atomic E-state index is -3.85. The van der Waals surface area contributed by atoms with Crippen LogP contribution in [0, 0.1) is 0 Å². The van der Waals surface area contributed by atoms with Gasteiger partial charge in [-0.1, -0.05) is 0 Å². The van der Waals surface area contributed by atoms with E-state index in [9.17, 15) is 22.8 Å². The fourth-order valence-electron chi connectivity index (χ4n) is 3.61. The molecule has 1 unspecified atom stereocenters. The number of nitrogens with one attached hydrogen (secondary N) is 2. The number of urea groups is 1. The molecule has 3 heterocycles. The Balaban J connectivity index is 1.57. The Bertz CT molecular complexity index is 915. The van der Waals surface area contributed by atoms with Crippen molar-refractivity contribution in [2.24, 2.45) is 0 Å². The number of carbonyl (C=O) groups is 3. The van der Waals surface area contributed by atoms with Crippen LogP contribution >= 0.6 is 0 Å². The van der Waals surface area contributed by atoms with E-state index in [1.165, 1.54) is 21.3 Å². The van der Waals surface area contributed by atoms with Gasteiger partial charge in [0.15, 0.2) is 0 Å². The summed E-state index contributed by atoms with van der Waals surface area (Å²) in [4.78, 5) is 36.7. The van der Waals surface area contributed by atoms with Crippen molar-refractivity contribution in [3.05, 3.63) is 24.3 Å². The Morgan fingerprint density at radius 3 is 2.41 bits per heavy atom. The van der Waals surface area contributed by atoms with Crippen LogP contribution in [-0.4, -0.2) is 62.5 Å². The van der Waals surface area contributed by atoms with Crippen LogP contribution in [0.25, 0.3) is 0 Å². The SMILES string of the molecule is O=C1NC(=O)C2(CCCN(S(=O)(=O)c3ccc(N4CCOC4=O)cc3)C2)N1. The Morgan fingerprint density at radius 1 is 1.07 bits per heavy atom. The quantitative estimate of drug-likeness (QED) is 0.696. The van der Waals surface area contributed by atoms with E-state index in [0.29, 0.717) is 31.7 Å². The number of imide groups is 1. The van der Waals surface area contributed by atoms with Crippen LogP contribution in [0.2, 0.25) is 0 Å². The van der Waals surface area contributed by atoms with Gasteiger partial charge in [-0.3, -0.25) is 15.0 Å². The minimum absolute atomic E-state index is 0.0561. The third kappa shape index (κ3) is 2.92. The number of rotatable bonds is 3. The summed E-state index contributed by atoms with van der Waals surface area (Å²) >= 11 is 0. The van der Waals surface area contributed by atoms with Gasteiger partial charge in [0.05, 0.1) is 11.4 Å². The van der Waals surface area contributed by atoms with Crippen LogP contribution in [-0.2, 0) is 19.6 Å². The lowest BCUT2D eigenvalue weighted by molar-refractivity contribution is -0.125. The molecule has 0 bridgehead atoms. The van der Waals surface area contributed by atoms with Crippen molar-refractivity contribution in [1.82, 2.24) is 14.9 Å². The number of anilines is 1. The Labute approximate surface area is 155 Å². The summed E-state index contributed by atoms with van der Waals surface area (Å²) in [6, 6.07) is 5.32. The molecule has 1 atom stereocenters. The molecule has 3 aliphatic rings. The zero-order valence-electron chi connectivity index (χ0n) is 14.3. The van der Waals surface area contributed by atoms with Crippen molar-refractivity contribution in [2.45, 2.75) is 23.3 Å². The highest BCUT2D eigenvalue weighted by Crippen LogP contribution is 2.29. The van der Waals surface area contributed by atoms with E-state index in [2.05, 4.69) is 10.6 Å². The van der Waals surface area contributed by atoms with Gasteiger partial charge in [0, 0.05) is 18.8 Å². The first-order valence-corrected chi connectivity index (χ1v) is 9.94. The molecule has 144 valence electrons. The summed E-state index contributed by atoms with van der Waals surface area (Å²) < 4.78 is 32.1. The standard InChI is InChI=1S/C16H18N4O6S/c21-13-16(18-14(22)17-13)6-1-7-19(10-16)27(24,25)12-4-2-11(3-5-12)20-8-9-26-15(20)23/h2-5H,1,6-10H2,(H2,17,18,21,22). The van der Waals surface area contributed by atoms with Gasteiger partial charge in [-0.05, 0) is 37.1 Å². The number of amides is 4. The molecule has 3 saturated heterocycles. The number of piperidine rings is 1. The summed E-state index contributed by atoms with van der Waals surface area (Å²) in [6.45, 7) is 0.845. The van der Waals surface area contributed by atoms with Gasteiger partial charge in [-0.25, -0.2) is 18.0 Å². The summed E-state index contributed by atoms with van der Waals surface area (Å²) in [5.74, 6) is -0.504. The number of sulfonamides is 1. The first-order chi connectivity index (χ1) is 12.8. The van der Waals surface area contributed by atoms with Crippen LogP contribution in [0.15, 0.2) is 29.2 Å². The van der Waals surface area contributed by atoms with Crippen LogP contribution in [0.4, 0.5) is 15.3 Å². The lowest BCUT2D eigenvalue weighted by atomic mass is 9.90. The third-order valence-electron chi connectivity index (χ3n) is 5.02. The topological polar surface area (TPSA) is 125 Å². The predicted molar refractivity (Wildman–Crippen MR) is 92.5 cm³/mol. The molecule has 0 aliphatic carbocycles. The molecule has 4 rings (SSSR count). The van der Waals surface area contributed by atoms with Crippen molar-refractivity contribution in [1.29, 1.82) is 0 Å². The number of carbonyl (C=O) groups excluding carboxylic acids is 3. The zero-order chi connectivity index (χ0) is 19.2. The molecule has 1 spiro atoms. The van der Waals surface area contributed by atoms with Crippen molar-refractivity contribution in [3.63, 3.8) is 0 Å². The van der Waals surface area contributed by atoms with Crippen LogP contribution in [0.3, 0.4) is 0 Å². The van der Waals surface area contributed by atoms with Crippen LogP contribution in [0.1, 0.15) is 12.8 Å². The molecule has 0 saturated carbocycles.